The Hall–Kier alpha value is -4.26. The molecule has 42 heavy (non-hydrogen) atoms. The summed E-state index contributed by atoms with van der Waals surface area (Å²) in [6.07, 6.45) is 0.653. The van der Waals surface area contributed by atoms with Crippen LogP contribution in [0.4, 0.5) is 11.4 Å². The molecule has 9 nitrogen and oxygen atoms in total. The fourth-order valence-corrected chi connectivity index (χ4v) is 7.26. The number of nitrogens with zero attached hydrogens (tertiary/aromatic N) is 5. The lowest BCUT2D eigenvalue weighted by Crippen LogP contribution is -2.14. The van der Waals surface area contributed by atoms with Crippen LogP contribution in [0.5, 0.6) is 0 Å². The maximum Gasteiger partial charge on any atom is 0.269 e. The number of nitro groups is 1. The molecular formula is C30H24N6O3S3. The van der Waals surface area contributed by atoms with Crippen LogP contribution in [-0.2, 0) is 24.0 Å². The van der Waals surface area contributed by atoms with Crippen LogP contribution in [0.3, 0.4) is 0 Å². The van der Waals surface area contributed by atoms with Crippen LogP contribution in [0.2, 0.25) is 0 Å². The molecule has 0 aliphatic carbocycles. The molecule has 0 aliphatic rings. The molecule has 1 N–H and O–H groups in total. The molecule has 210 valence electrons. The van der Waals surface area contributed by atoms with E-state index in [9.17, 15) is 14.9 Å². The maximum atomic E-state index is 12.8. The standard InChI is InChI=1S/C30H24N6O3S3/c1-35-27(15-21-7-4-6-20-5-2-3-8-24(20)21)33-34-29(35)40-18-28(37)31-22-11-14-25-26(16-22)42-30(32-25)41-17-19-9-12-23(13-10-19)36(38)39/h2-14,16H,15,17-18H2,1H3,(H,31,37). The number of non-ortho nitro benzene ring substituents is 1. The molecule has 0 bridgehead atoms. The average molecular weight is 613 g/mol. The molecule has 1 amide bonds. The number of nitrogens with one attached hydrogen (secondary N) is 1. The Morgan fingerprint density at radius 3 is 2.64 bits per heavy atom. The molecule has 0 aliphatic heterocycles. The number of hydrogen-bond donors (Lipinski definition) is 1. The van der Waals surface area contributed by atoms with Crippen molar-refractivity contribution >= 4 is 73.1 Å². The number of aromatic nitrogens is 4. The highest BCUT2D eigenvalue weighted by Gasteiger charge is 2.14. The summed E-state index contributed by atoms with van der Waals surface area (Å²) < 4.78 is 3.81. The zero-order valence-corrected chi connectivity index (χ0v) is 24.8. The van der Waals surface area contributed by atoms with Crippen LogP contribution in [0.25, 0.3) is 21.0 Å². The van der Waals surface area contributed by atoms with Crippen molar-refractivity contribution in [1.82, 2.24) is 19.7 Å². The number of benzene rings is 4. The number of amides is 1. The minimum Gasteiger partial charge on any atom is -0.325 e. The molecule has 2 aromatic heterocycles. The van der Waals surface area contributed by atoms with Gasteiger partial charge in [-0.15, -0.1) is 21.5 Å². The van der Waals surface area contributed by atoms with Crippen molar-refractivity contribution in [1.29, 1.82) is 0 Å². The SMILES string of the molecule is Cn1c(Cc2cccc3ccccc23)nnc1SCC(=O)Nc1ccc2nc(SCc3ccc([N+](=O)[O-])cc3)sc2c1. The van der Waals surface area contributed by atoms with Gasteiger partial charge in [0.1, 0.15) is 5.82 Å². The molecule has 2 heterocycles. The predicted molar refractivity (Wildman–Crippen MR) is 169 cm³/mol. The monoisotopic (exact) mass is 612 g/mol. The Morgan fingerprint density at radius 2 is 1.81 bits per heavy atom. The van der Waals surface area contributed by atoms with E-state index in [1.807, 2.05) is 41.9 Å². The molecule has 0 unspecified atom stereocenters. The van der Waals surface area contributed by atoms with Gasteiger partial charge < -0.3 is 9.88 Å². The first-order valence-electron chi connectivity index (χ1n) is 13.0. The van der Waals surface area contributed by atoms with Crippen molar-refractivity contribution in [3.63, 3.8) is 0 Å². The van der Waals surface area contributed by atoms with Gasteiger partial charge in [0.2, 0.25) is 5.91 Å². The summed E-state index contributed by atoms with van der Waals surface area (Å²) in [5.41, 5.74) is 3.81. The van der Waals surface area contributed by atoms with Crippen molar-refractivity contribution < 1.29 is 9.72 Å². The van der Waals surface area contributed by atoms with Crippen LogP contribution in [0.15, 0.2) is 94.4 Å². The van der Waals surface area contributed by atoms with Gasteiger partial charge in [-0.3, -0.25) is 14.9 Å². The first-order valence-corrected chi connectivity index (χ1v) is 15.8. The lowest BCUT2D eigenvalue weighted by molar-refractivity contribution is -0.384. The van der Waals surface area contributed by atoms with E-state index in [1.54, 1.807) is 35.2 Å². The van der Waals surface area contributed by atoms with Crippen molar-refractivity contribution in [2.75, 3.05) is 11.1 Å². The Labute approximate surface area is 253 Å². The van der Waals surface area contributed by atoms with Gasteiger partial charge in [-0.05, 0) is 40.1 Å². The van der Waals surface area contributed by atoms with Crippen molar-refractivity contribution in [3.8, 4) is 0 Å². The van der Waals surface area contributed by atoms with Gasteiger partial charge in [-0.1, -0.05) is 78.1 Å². The third-order valence-corrected chi connectivity index (χ3v) is 9.90. The molecule has 0 fully saturated rings. The second-order valence-electron chi connectivity index (χ2n) is 9.48. The topological polar surface area (TPSA) is 116 Å². The average Bonchev–Trinajstić information content (AvgIpc) is 3.57. The van der Waals surface area contributed by atoms with Gasteiger partial charge in [-0.25, -0.2) is 4.98 Å². The molecule has 0 radical (unpaired) electrons. The van der Waals surface area contributed by atoms with E-state index in [0.717, 1.165) is 25.9 Å². The molecule has 6 aromatic rings. The van der Waals surface area contributed by atoms with E-state index in [-0.39, 0.29) is 17.3 Å². The number of thioether (sulfide) groups is 2. The fraction of sp³-hybridized carbons (Fsp3) is 0.133. The number of anilines is 1. The number of thiazole rings is 1. The van der Waals surface area contributed by atoms with Crippen LogP contribution >= 0.6 is 34.9 Å². The van der Waals surface area contributed by atoms with Crippen LogP contribution in [0.1, 0.15) is 17.0 Å². The molecule has 0 spiro atoms. The van der Waals surface area contributed by atoms with Gasteiger partial charge in [0.25, 0.3) is 5.69 Å². The van der Waals surface area contributed by atoms with Crippen molar-refractivity contribution in [3.05, 3.63) is 112 Å². The van der Waals surface area contributed by atoms with Gasteiger partial charge in [-0.2, -0.15) is 0 Å². The summed E-state index contributed by atoms with van der Waals surface area (Å²) >= 11 is 4.47. The summed E-state index contributed by atoms with van der Waals surface area (Å²) in [6, 6.07) is 26.8. The van der Waals surface area contributed by atoms with Crippen LogP contribution in [0, 0.1) is 10.1 Å². The quantitative estimate of drug-likeness (QED) is 0.0989. The summed E-state index contributed by atoms with van der Waals surface area (Å²) in [4.78, 5) is 27.9. The number of rotatable bonds is 10. The zero-order chi connectivity index (χ0) is 29.1. The normalized spacial score (nSPS) is 11.3. The van der Waals surface area contributed by atoms with Gasteiger partial charge in [0, 0.05) is 37.0 Å². The van der Waals surface area contributed by atoms with Gasteiger partial charge >= 0.3 is 0 Å². The minimum atomic E-state index is -0.403. The van der Waals surface area contributed by atoms with Crippen molar-refractivity contribution in [2.45, 2.75) is 21.7 Å². The molecule has 0 atom stereocenters. The number of nitro benzene ring substituents is 1. The van der Waals surface area contributed by atoms with E-state index in [1.165, 1.54) is 40.2 Å². The lowest BCUT2D eigenvalue weighted by atomic mass is 10.0. The molecule has 12 heteroatoms. The summed E-state index contributed by atoms with van der Waals surface area (Å²) in [7, 11) is 1.93. The number of carbonyl (C=O) groups excluding carboxylic acids is 1. The largest absolute Gasteiger partial charge is 0.325 e. The molecular weight excluding hydrogens is 589 g/mol. The molecule has 0 saturated carbocycles. The summed E-state index contributed by atoms with van der Waals surface area (Å²) in [5, 5.41) is 25.6. The molecule has 4 aromatic carbocycles. The Balaban J connectivity index is 1.04. The number of fused-ring (bicyclic) bond motifs is 2. The smallest absolute Gasteiger partial charge is 0.269 e. The third-order valence-electron chi connectivity index (χ3n) is 6.65. The fourth-order valence-electron chi connectivity index (χ4n) is 4.47. The summed E-state index contributed by atoms with van der Waals surface area (Å²) in [6.45, 7) is 0. The number of carbonyl (C=O) groups is 1. The lowest BCUT2D eigenvalue weighted by Gasteiger charge is -2.07. The number of hydrogen-bond acceptors (Lipinski definition) is 9. The van der Waals surface area contributed by atoms with E-state index < -0.39 is 4.92 Å². The van der Waals surface area contributed by atoms with Crippen LogP contribution in [-0.4, -0.2) is 36.3 Å². The minimum absolute atomic E-state index is 0.0786. The second-order valence-corrected chi connectivity index (χ2v) is 12.7. The summed E-state index contributed by atoms with van der Waals surface area (Å²) in [5.74, 6) is 1.57. The molecule has 0 saturated heterocycles. The predicted octanol–water partition coefficient (Wildman–Crippen LogP) is 7.10. The maximum absolute atomic E-state index is 12.8. The highest BCUT2D eigenvalue weighted by Crippen LogP contribution is 2.33. The van der Waals surface area contributed by atoms with E-state index >= 15 is 0 Å². The van der Waals surface area contributed by atoms with Crippen LogP contribution < -0.4 is 5.32 Å². The molecule has 6 rings (SSSR count). The second kappa shape index (κ2) is 12.3. The zero-order valence-electron chi connectivity index (χ0n) is 22.4. The van der Waals surface area contributed by atoms with E-state index in [4.69, 9.17) is 0 Å². The first-order chi connectivity index (χ1) is 20.4. The van der Waals surface area contributed by atoms with E-state index in [2.05, 4.69) is 50.8 Å². The highest BCUT2D eigenvalue weighted by atomic mass is 32.2. The van der Waals surface area contributed by atoms with Gasteiger partial charge in [0.05, 0.1) is 20.9 Å². The highest BCUT2D eigenvalue weighted by molar-refractivity contribution is 8.00. The Bertz CT molecular complexity index is 1910. The first kappa shape index (κ1) is 27.9. The Kier molecular flexibility index (Phi) is 8.17. The van der Waals surface area contributed by atoms with Gasteiger partial charge in [0.15, 0.2) is 9.50 Å². The van der Waals surface area contributed by atoms with E-state index in [0.29, 0.717) is 23.0 Å². The third kappa shape index (κ3) is 6.30. The Morgan fingerprint density at radius 1 is 1.00 bits per heavy atom. The van der Waals surface area contributed by atoms with Crippen molar-refractivity contribution in [2.24, 2.45) is 7.05 Å².